The molecule has 3 N–H and O–H groups in total. The predicted octanol–water partition coefficient (Wildman–Crippen LogP) is 1.46. The molecule has 0 saturated carbocycles. The fourth-order valence-electron chi connectivity index (χ4n) is 1.13. The first-order chi connectivity index (χ1) is 7.15. The molecule has 0 aliphatic rings. The minimum Gasteiger partial charge on any atom is -0.389 e. The van der Waals surface area contributed by atoms with Crippen LogP contribution in [0.1, 0.15) is 29.3 Å². The lowest BCUT2D eigenvalue weighted by Gasteiger charge is -2.04. The normalized spacial score (nSPS) is 9.67. The van der Waals surface area contributed by atoms with Gasteiger partial charge in [-0.15, -0.1) is 0 Å². The summed E-state index contributed by atoms with van der Waals surface area (Å²) in [5.41, 5.74) is 6.85. The number of hydrogen-bond acceptors (Lipinski definition) is 2. The van der Waals surface area contributed by atoms with Gasteiger partial charge < -0.3 is 11.1 Å². The molecule has 3 nitrogen and oxygen atoms in total. The van der Waals surface area contributed by atoms with E-state index in [4.69, 9.17) is 18.0 Å². The third-order valence-corrected chi connectivity index (χ3v) is 2.20. The van der Waals surface area contributed by atoms with Crippen molar-refractivity contribution in [1.82, 2.24) is 5.32 Å². The molecule has 0 heterocycles. The van der Waals surface area contributed by atoms with Crippen LogP contribution >= 0.6 is 12.2 Å². The average Bonchev–Trinajstić information content (AvgIpc) is 2.26. The average molecular weight is 222 g/mol. The molecule has 0 radical (unpaired) electrons. The fraction of sp³-hybridized carbons (Fsp3) is 0.273. The van der Waals surface area contributed by atoms with E-state index in [0.29, 0.717) is 17.1 Å². The van der Waals surface area contributed by atoms with Crippen molar-refractivity contribution < 1.29 is 4.79 Å². The molecule has 0 unspecified atom stereocenters. The van der Waals surface area contributed by atoms with E-state index in [1.165, 1.54) is 0 Å². The molecule has 1 aromatic rings. The summed E-state index contributed by atoms with van der Waals surface area (Å²) >= 11 is 4.82. The van der Waals surface area contributed by atoms with Crippen LogP contribution in [0.15, 0.2) is 24.3 Å². The number of benzene rings is 1. The summed E-state index contributed by atoms with van der Waals surface area (Å²) in [6.07, 6.45) is 0.927. The second-order valence-corrected chi connectivity index (χ2v) is 3.64. The van der Waals surface area contributed by atoms with Crippen LogP contribution in [0.25, 0.3) is 0 Å². The van der Waals surface area contributed by atoms with Crippen molar-refractivity contribution >= 4 is 23.1 Å². The lowest BCUT2D eigenvalue weighted by atomic mass is 10.1. The number of thiocarbonyl (C=S) groups is 1. The lowest BCUT2D eigenvalue weighted by Crippen LogP contribution is -2.24. The van der Waals surface area contributed by atoms with Gasteiger partial charge in [-0.1, -0.05) is 31.3 Å². The number of carbonyl (C=O) groups excluding carboxylic acids is 1. The number of hydrogen-bond donors (Lipinski definition) is 2. The Morgan fingerprint density at radius 1 is 1.33 bits per heavy atom. The van der Waals surface area contributed by atoms with Crippen LogP contribution in [0.5, 0.6) is 0 Å². The van der Waals surface area contributed by atoms with Gasteiger partial charge in [-0.3, -0.25) is 4.79 Å². The largest absolute Gasteiger partial charge is 0.389 e. The third-order valence-electron chi connectivity index (χ3n) is 1.97. The molecule has 1 aromatic carbocycles. The van der Waals surface area contributed by atoms with E-state index in [-0.39, 0.29) is 5.91 Å². The van der Waals surface area contributed by atoms with E-state index < -0.39 is 0 Å². The van der Waals surface area contributed by atoms with Gasteiger partial charge in [0, 0.05) is 17.7 Å². The maximum Gasteiger partial charge on any atom is 0.251 e. The summed E-state index contributed by atoms with van der Waals surface area (Å²) in [5, 5.41) is 2.79. The van der Waals surface area contributed by atoms with E-state index in [2.05, 4.69) is 5.32 Å². The summed E-state index contributed by atoms with van der Waals surface area (Å²) < 4.78 is 0. The highest BCUT2D eigenvalue weighted by molar-refractivity contribution is 7.80. The molecular formula is C11H14N2OS. The van der Waals surface area contributed by atoms with Crippen LogP contribution in [0, 0.1) is 0 Å². The molecule has 0 aliphatic heterocycles. The molecule has 15 heavy (non-hydrogen) atoms. The van der Waals surface area contributed by atoms with E-state index in [1.54, 1.807) is 24.3 Å². The number of nitrogens with one attached hydrogen (secondary N) is 1. The van der Waals surface area contributed by atoms with E-state index >= 15 is 0 Å². The van der Waals surface area contributed by atoms with Crippen molar-refractivity contribution in [3.63, 3.8) is 0 Å². The topological polar surface area (TPSA) is 55.1 Å². The predicted molar refractivity (Wildman–Crippen MR) is 65.0 cm³/mol. The van der Waals surface area contributed by atoms with Crippen LogP contribution in [0.3, 0.4) is 0 Å². The highest BCUT2D eigenvalue weighted by Gasteiger charge is 2.04. The highest BCUT2D eigenvalue weighted by atomic mass is 32.1. The van der Waals surface area contributed by atoms with Gasteiger partial charge in [-0.25, -0.2) is 0 Å². The quantitative estimate of drug-likeness (QED) is 0.758. The monoisotopic (exact) mass is 222 g/mol. The number of carbonyl (C=O) groups is 1. The molecule has 0 fully saturated rings. The second kappa shape index (κ2) is 5.46. The molecule has 1 rings (SSSR count). The maximum atomic E-state index is 11.5. The van der Waals surface area contributed by atoms with Crippen molar-refractivity contribution in [3.8, 4) is 0 Å². The van der Waals surface area contributed by atoms with Gasteiger partial charge >= 0.3 is 0 Å². The highest BCUT2D eigenvalue weighted by Crippen LogP contribution is 2.04. The fourth-order valence-corrected chi connectivity index (χ4v) is 1.26. The van der Waals surface area contributed by atoms with Gasteiger partial charge in [0.2, 0.25) is 0 Å². The van der Waals surface area contributed by atoms with E-state index in [1.807, 2.05) is 6.92 Å². The molecule has 4 heteroatoms. The van der Waals surface area contributed by atoms with Crippen molar-refractivity contribution in [1.29, 1.82) is 0 Å². The van der Waals surface area contributed by atoms with Crippen LogP contribution < -0.4 is 11.1 Å². The molecule has 0 saturated heterocycles. The molecule has 1 amide bonds. The van der Waals surface area contributed by atoms with Gasteiger partial charge in [0.1, 0.15) is 4.99 Å². The Labute approximate surface area is 94.7 Å². The van der Waals surface area contributed by atoms with Crippen molar-refractivity contribution in [3.05, 3.63) is 35.4 Å². The summed E-state index contributed by atoms with van der Waals surface area (Å²) in [4.78, 5) is 11.9. The lowest BCUT2D eigenvalue weighted by molar-refractivity contribution is 0.0953. The summed E-state index contributed by atoms with van der Waals surface area (Å²) in [5.74, 6) is -0.0636. The maximum absolute atomic E-state index is 11.5. The molecule has 0 atom stereocenters. The number of rotatable bonds is 4. The Kier molecular flexibility index (Phi) is 4.24. The third kappa shape index (κ3) is 3.32. The van der Waals surface area contributed by atoms with Gasteiger partial charge in [0.05, 0.1) is 0 Å². The molecule has 0 aliphatic carbocycles. The minimum atomic E-state index is -0.0636. The van der Waals surface area contributed by atoms with Crippen molar-refractivity contribution in [2.45, 2.75) is 13.3 Å². The van der Waals surface area contributed by atoms with Gasteiger partial charge in [-0.2, -0.15) is 0 Å². The molecule has 0 aromatic heterocycles. The Morgan fingerprint density at radius 2 is 1.87 bits per heavy atom. The Morgan fingerprint density at radius 3 is 2.33 bits per heavy atom. The summed E-state index contributed by atoms with van der Waals surface area (Å²) in [7, 11) is 0. The SMILES string of the molecule is CCCNC(=O)c1ccc(C(N)=S)cc1. The smallest absolute Gasteiger partial charge is 0.251 e. The van der Waals surface area contributed by atoms with Gasteiger partial charge in [0.25, 0.3) is 5.91 Å². The van der Waals surface area contributed by atoms with Crippen LogP contribution in [-0.2, 0) is 0 Å². The van der Waals surface area contributed by atoms with Crippen molar-refractivity contribution in [2.75, 3.05) is 6.54 Å². The first-order valence-electron chi connectivity index (χ1n) is 4.83. The van der Waals surface area contributed by atoms with Crippen molar-refractivity contribution in [2.24, 2.45) is 5.73 Å². The zero-order valence-electron chi connectivity index (χ0n) is 8.62. The van der Waals surface area contributed by atoms with Gasteiger partial charge in [-0.05, 0) is 18.6 Å². The Balaban J connectivity index is 2.71. The number of nitrogens with two attached hydrogens (primary N) is 1. The first kappa shape index (κ1) is 11.7. The minimum absolute atomic E-state index is 0.0636. The standard InChI is InChI=1S/C11H14N2OS/c1-2-7-13-11(14)9-5-3-8(4-6-9)10(12)15/h3-6H,2,7H2,1H3,(H2,12,15)(H,13,14). The molecule has 80 valence electrons. The first-order valence-corrected chi connectivity index (χ1v) is 5.24. The van der Waals surface area contributed by atoms with Gasteiger partial charge in [0.15, 0.2) is 0 Å². The van der Waals surface area contributed by atoms with Crippen LogP contribution in [-0.4, -0.2) is 17.4 Å². The van der Waals surface area contributed by atoms with E-state index in [0.717, 1.165) is 12.0 Å². The molecular weight excluding hydrogens is 208 g/mol. The summed E-state index contributed by atoms with van der Waals surface area (Å²) in [6.45, 7) is 2.70. The molecule has 0 bridgehead atoms. The zero-order valence-corrected chi connectivity index (χ0v) is 9.43. The van der Waals surface area contributed by atoms with E-state index in [9.17, 15) is 4.79 Å². The van der Waals surface area contributed by atoms with Crippen LogP contribution in [0.2, 0.25) is 0 Å². The molecule has 0 spiro atoms. The Hall–Kier alpha value is -1.42. The summed E-state index contributed by atoms with van der Waals surface area (Å²) in [6, 6.07) is 6.95. The zero-order chi connectivity index (χ0) is 11.3. The number of amides is 1. The Bertz CT molecular complexity index is 359. The van der Waals surface area contributed by atoms with Crippen LogP contribution in [0.4, 0.5) is 0 Å². The second-order valence-electron chi connectivity index (χ2n) is 3.20.